The number of nitrogens with zero attached hydrogens (tertiary/aromatic N) is 1. The van der Waals surface area contributed by atoms with Crippen molar-refractivity contribution in [2.45, 2.75) is 25.4 Å². The van der Waals surface area contributed by atoms with Crippen LogP contribution in [-0.4, -0.2) is 18.5 Å². The summed E-state index contributed by atoms with van der Waals surface area (Å²) in [6.45, 7) is 1.47. The first-order valence-corrected chi connectivity index (χ1v) is 6.13. The molecule has 1 aliphatic heterocycles. The number of nitrogens with one attached hydrogen (secondary N) is 2. The number of nitriles is 1. The van der Waals surface area contributed by atoms with E-state index >= 15 is 0 Å². The third-order valence-corrected chi connectivity index (χ3v) is 3.55. The van der Waals surface area contributed by atoms with Gasteiger partial charge in [0.2, 0.25) is 5.91 Å². The van der Waals surface area contributed by atoms with Gasteiger partial charge in [-0.25, -0.2) is 0 Å². The Labute approximate surface area is 98.3 Å². The lowest BCUT2D eigenvalue weighted by molar-refractivity contribution is -0.122. The molecule has 84 valence electrons. The highest BCUT2D eigenvalue weighted by molar-refractivity contribution is 7.10. The van der Waals surface area contributed by atoms with Gasteiger partial charge in [-0.15, -0.1) is 11.3 Å². The average molecular weight is 235 g/mol. The maximum atomic E-state index is 11.0. The lowest BCUT2D eigenvalue weighted by Gasteiger charge is -2.23. The van der Waals surface area contributed by atoms with Gasteiger partial charge in [0.05, 0.1) is 5.56 Å². The largest absolute Gasteiger partial charge is 0.355 e. The number of rotatable bonds is 3. The summed E-state index contributed by atoms with van der Waals surface area (Å²) in [4.78, 5) is 12.1. The van der Waals surface area contributed by atoms with Gasteiger partial charge in [-0.3, -0.25) is 4.79 Å². The van der Waals surface area contributed by atoms with E-state index in [4.69, 9.17) is 5.26 Å². The predicted octanol–water partition coefficient (Wildman–Crippen LogP) is 0.988. The number of piperidine rings is 1. The van der Waals surface area contributed by atoms with Crippen molar-refractivity contribution in [3.05, 3.63) is 21.9 Å². The normalized spacial score (nSPS) is 20.2. The van der Waals surface area contributed by atoms with Crippen LogP contribution < -0.4 is 10.6 Å². The van der Waals surface area contributed by atoms with Gasteiger partial charge in [-0.05, 0) is 12.5 Å². The third-order valence-electron chi connectivity index (χ3n) is 2.61. The maximum absolute atomic E-state index is 11.0. The summed E-state index contributed by atoms with van der Waals surface area (Å²) >= 11 is 1.59. The molecule has 2 rings (SSSR count). The zero-order chi connectivity index (χ0) is 11.4. The minimum Gasteiger partial charge on any atom is -0.355 e. The first-order valence-electron chi connectivity index (χ1n) is 5.25. The van der Waals surface area contributed by atoms with Crippen LogP contribution in [0.1, 0.15) is 23.3 Å². The van der Waals surface area contributed by atoms with Gasteiger partial charge in [0.25, 0.3) is 0 Å². The van der Waals surface area contributed by atoms with Gasteiger partial charge >= 0.3 is 0 Å². The Kier molecular flexibility index (Phi) is 3.54. The molecule has 1 amide bonds. The van der Waals surface area contributed by atoms with E-state index in [-0.39, 0.29) is 5.91 Å². The number of hydrogen-bond acceptors (Lipinski definition) is 4. The van der Waals surface area contributed by atoms with Crippen LogP contribution >= 0.6 is 11.3 Å². The van der Waals surface area contributed by atoms with E-state index in [9.17, 15) is 4.79 Å². The molecule has 1 atom stereocenters. The van der Waals surface area contributed by atoms with Crippen LogP contribution in [-0.2, 0) is 11.3 Å². The minimum absolute atomic E-state index is 0.140. The highest BCUT2D eigenvalue weighted by atomic mass is 32.1. The van der Waals surface area contributed by atoms with Crippen molar-refractivity contribution in [1.82, 2.24) is 10.6 Å². The van der Waals surface area contributed by atoms with Crippen LogP contribution in [0.2, 0.25) is 0 Å². The molecule has 1 unspecified atom stereocenters. The molecule has 2 N–H and O–H groups in total. The SMILES string of the molecule is N#Cc1csc(CNC2CCC(=O)NC2)c1. The van der Waals surface area contributed by atoms with E-state index in [2.05, 4.69) is 16.7 Å². The number of hydrogen-bond donors (Lipinski definition) is 2. The predicted molar refractivity (Wildman–Crippen MR) is 61.9 cm³/mol. The second kappa shape index (κ2) is 5.10. The molecule has 0 radical (unpaired) electrons. The van der Waals surface area contributed by atoms with Gasteiger partial charge in [0.15, 0.2) is 0 Å². The van der Waals surface area contributed by atoms with Crippen molar-refractivity contribution >= 4 is 17.2 Å². The number of carbonyl (C=O) groups is 1. The molecular weight excluding hydrogens is 222 g/mol. The first kappa shape index (κ1) is 11.1. The number of carbonyl (C=O) groups excluding carboxylic acids is 1. The van der Waals surface area contributed by atoms with Gasteiger partial charge in [0, 0.05) is 35.8 Å². The highest BCUT2D eigenvalue weighted by Gasteiger charge is 2.17. The van der Waals surface area contributed by atoms with Crippen LogP contribution in [0.25, 0.3) is 0 Å². The summed E-state index contributed by atoms with van der Waals surface area (Å²) in [7, 11) is 0. The zero-order valence-electron chi connectivity index (χ0n) is 8.82. The monoisotopic (exact) mass is 235 g/mol. The summed E-state index contributed by atoms with van der Waals surface area (Å²) in [5.74, 6) is 0.140. The molecule has 16 heavy (non-hydrogen) atoms. The second-order valence-corrected chi connectivity index (χ2v) is 4.83. The Morgan fingerprint density at radius 1 is 1.69 bits per heavy atom. The van der Waals surface area contributed by atoms with E-state index in [0.717, 1.165) is 23.4 Å². The molecule has 1 aromatic heterocycles. The van der Waals surface area contributed by atoms with E-state index in [1.807, 2.05) is 11.4 Å². The van der Waals surface area contributed by atoms with Crippen molar-refractivity contribution in [3.63, 3.8) is 0 Å². The lowest BCUT2D eigenvalue weighted by Crippen LogP contribution is -2.45. The van der Waals surface area contributed by atoms with Crippen LogP contribution in [0.4, 0.5) is 0 Å². The molecule has 1 aliphatic rings. The Balaban J connectivity index is 1.79. The topological polar surface area (TPSA) is 64.9 Å². The zero-order valence-corrected chi connectivity index (χ0v) is 9.64. The van der Waals surface area contributed by atoms with Crippen molar-refractivity contribution in [1.29, 1.82) is 5.26 Å². The number of amides is 1. The molecule has 2 heterocycles. The van der Waals surface area contributed by atoms with Crippen LogP contribution in [0.3, 0.4) is 0 Å². The third kappa shape index (κ3) is 2.81. The summed E-state index contributed by atoms with van der Waals surface area (Å²) in [6, 6.07) is 4.37. The van der Waals surface area contributed by atoms with Gasteiger partial charge in [-0.1, -0.05) is 0 Å². The molecule has 0 spiro atoms. The van der Waals surface area contributed by atoms with Crippen molar-refractivity contribution in [2.24, 2.45) is 0 Å². The molecule has 0 saturated carbocycles. The quantitative estimate of drug-likeness (QED) is 0.821. The molecule has 1 fully saturated rings. The van der Waals surface area contributed by atoms with Crippen LogP contribution in [0, 0.1) is 11.3 Å². The standard InChI is InChI=1S/C11H13N3OS/c12-4-8-3-10(16-7-8)6-13-9-1-2-11(15)14-5-9/h3,7,9,13H,1-2,5-6H2,(H,14,15). The van der Waals surface area contributed by atoms with Crippen molar-refractivity contribution in [2.75, 3.05) is 6.54 Å². The molecule has 0 bridgehead atoms. The first-order chi connectivity index (χ1) is 7.78. The average Bonchev–Trinajstić information content (AvgIpc) is 2.76. The fourth-order valence-corrected chi connectivity index (χ4v) is 2.44. The maximum Gasteiger partial charge on any atom is 0.220 e. The Morgan fingerprint density at radius 3 is 3.19 bits per heavy atom. The van der Waals surface area contributed by atoms with Crippen LogP contribution in [0.5, 0.6) is 0 Å². The van der Waals surface area contributed by atoms with E-state index < -0.39 is 0 Å². The van der Waals surface area contributed by atoms with Crippen LogP contribution in [0.15, 0.2) is 11.4 Å². The van der Waals surface area contributed by atoms with E-state index in [0.29, 0.717) is 19.0 Å². The fraction of sp³-hybridized carbons (Fsp3) is 0.455. The highest BCUT2D eigenvalue weighted by Crippen LogP contribution is 2.14. The second-order valence-electron chi connectivity index (χ2n) is 3.83. The summed E-state index contributed by atoms with van der Waals surface area (Å²) in [5.41, 5.74) is 0.721. The number of thiophene rings is 1. The summed E-state index contributed by atoms with van der Waals surface area (Å²) in [5, 5.41) is 16.8. The minimum atomic E-state index is 0.140. The molecule has 0 aromatic carbocycles. The molecule has 0 aliphatic carbocycles. The van der Waals surface area contributed by atoms with Gasteiger partial charge in [0.1, 0.15) is 6.07 Å². The summed E-state index contributed by atoms with van der Waals surface area (Å²) < 4.78 is 0. The van der Waals surface area contributed by atoms with Gasteiger partial charge < -0.3 is 10.6 Å². The fourth-order valence-electron chi connectivity index (χ4n) is 1.68. The van der Waals surface area contributed by atoms with E-state index in [1.54, 1.807) is 11.3 Å². The summed E-state index contributed by atoms with van der Waals surface area (Å²) in [6.07, 6.45) is 1.49. The van der Waals surface area contributed by atoms with Crippen molar-refractivity contribution < 1.29 is 4.79 Å². The smallest absolute Gasteiger partial charge is 0.220 e. The lowest BCUT2D eigenvalue weighted by atomic mass is 10.1. The Bertz CT molecular complexity index is 411. The molecule has 5 heteroatoms. The van der Waals surface area contributed by atoms with E-state index in [1.165, 1.54) is 0 Å². The van der Waals surface area contributed by atoms with Crippen molar-refractivity contribution in [3.8, 4) is 6.07 Å². The molecular formula is C11H13N3OS. The Morgan fingerprint density at radius 2 is 2.56 bits per heavy atom. The Hall–Kier alpha value is -1.38. The molecule has 1 aromatic rings. The molecule has 4 nitrogen and oxygen atoms in total. The van der Waals surface area contributed by atoms with Gasteiger partial charge in [-0.2, -0.15) is 5.26 Å². The molecule has 1 saturated heterocycles.